The van der Waals surface area contributed by atoms with Gasteiger partial charge in [0.25, 0.3) is 0 Å². The smallest absolute Gasteiger partial charge is 0.0815 e. The molecule has 0 amide bonds. The van der Waals surface area contributed by atoms with E-state index in [4.69, 9.17) is 0 Å². The minimum atomic E-state index is 0.587. The highest BCUT2D eigenvalue weighted by molar-refractivity contribution is 7.19. The fourth-order valence-corrected chi connectivity index (χ4v) is 2.66. The Kier molecular flexibility index (Phi) is 2.08. The average Bonchev–Trinajstić information content (AvgIpc) is 2.43. The second-order valence-electron chi connectivity index (χ2n) is 3.63. The van der Waals surface area contributed by atoms with E-state index in [0.29, 0.717) is 5.92 Å². The number of fused-ring (bicyclic) bond motifs is 1. The maximum Gasteiger partial charge on any atom is 0.0815 e. The summed E-state index contributed by atoms with van der Waals surface area (Å²) in [5.41, 5.74) is 2.57. The van der Waals surface area contributed by atoms with Crippen LogP contribution >= 0.6 is 11.3 Å². The number of hydrogen-bond donors (Lipinski definition) is 0. The van der Waals surface area contributed by atoms with Crippen molar-refractivity contribution >= 4 is 21.6 Å². The van der Waals surface area contributed by atoms with Gasteiger partial charge in [-0.1, -0.05) is 13.8 Å². The molecule has 2 heterocycles. The standard InChI is InChI=1S/C11H13NS/c1-7(2)9-4-5-12-10-6-8(3)13-11(9)10/h4-7H,1-3H3. The Morgan fingerprint density at radius 1 is 1.38 bits per heavy atom. The Hall–Kier alpha value is -0.890. The fraction of sp³-hybridized carbons (Fsp3) is 0.364. The summed E-state index contributed by atoms with van der Waals surface area (Å²) in [6, 6.07) is 4.29. The van der Waals surface area contributed by atoms with E-state index in [9.17, 15) is 0 Å². The Labute approximate surface area is 82.4 Å². The van der Waals surface area contributed by atoms with Crippen molar-refractivity contribution in [2.24, 2.45) is 0 Å². The van der Waals surface area contributed by atoms with Gasteiger partial charge in [0, 0.05) is 11.1 Å². The van der Waals surface area contributed by atoms with Crippen molar-refractivity contribution < 1.29 is 0 Å². The lowest BCUT2D eigenvalue weighted by atomic mass is 10.0. The molecule has 0 saturated carbocycles. The van der Waals surface area contributed by atoms with Gasteiger partial charge in [-0.15, -0.1) is 11.3 Å². The van der Waals surface area contributed by atoms with Crippen molar-refractivity contribution in [2.75, 3.05) is 0 Å². The number of pyridine rings is 1. The van der Waals surface area contributed by atoms with E-state index in [2.05, 4.69) is 37.9 Å². The van der Waals surface area contributed by atoms with Crippen molar-refractivity contribution in [1.82, 2.24) is 4.98 Å². The van der Waals surface area contributed by atoms with Crippen LogP contribution in [0.1, 0.15) is 30.2 Å². The molecule has 0 N–H and O–H groups in total. The minimum Gasteiger partial charge on any atom is -0.255 e. The van der Waals surface area contributed by atoms with E-state index >= 15 is 0 Å². The molecule has 2 aromatic heterocycles. The van der Waals surface area contributed by atoms with E-state index in [1.165, 1.54) is 15.1 Å². The first kappa shape index (κ1) is 8.70. The van der Waals surface area contributed by atoms with Crippen LogP contribution in [0.4, 0.5) is 0 Å². The van der Waals surface area contributed by atoms with Crippen LogP contribution in [-0.2, 0) is 0 Å². The Balaban J connectivity index is 2.75. The van der Waals surface area contributed by atoms with E-state index in [0.717, 1.165) is 5.52 Å². The summed E-state index contributed by atoms with van der Waals surface area (Å²) in [7, 11) is 0. The number of nitrogens with zero attached hydrogens (tertiary/aromatic N) is 1. The largest absolute Gasteiger partial charge is 0.255 e. The number of aromatic nitrogens is 1. The normalized spacial score (nSPS) is 11.4. The molecule has 2 rings (SSSR count). The van der Waals surface area contributed by atoms with E-state index in [-0.39, 0.29) is 0 Å². The van der Waals surface area contributed by atoms with Crippen LogP contribution in [0.15, 0.2) is 18.3 Å². The lowest BCUT2D eigenvalue weighted by Crippen LogP contribution is -1.87. The average molecular weight is 191 g/mol. The molecule has 0 fully saturated rings. The molecule has 1 nitrogen and oxygen atoms in total. The van der Waals surface area contributed by atoms with Crippen LogP contribution in [-0.4, -0.2) is 4.98 Å². The maximum atomic E-state index is 4.36. The zero-order valence-electron chi connectivity index (χ0n) is 8.16. The van der Waals surface area contributed by atoms with Crippen LogP contribution in [0, 0.1) is 6.92 Å². The summed E-state index contributed by atoms with van der Waals surface area (Å²) >= 11 is 1.84. The molecule has 0 radical (unpaired) electrons. The summed E-state index contributed by atoms with van der Waals surface area (Å²) in [5, 5.41) is 0. The summed E-state index contributed by atoms with van der Waals surface area (Å²) in [5.74, 6) is 0.587. The highest BCUT2D eigenvalue weighted by Crippen LogP contribution is 2.30. The van der Waals surface area contributed by atoms with Crippen molar-refractivity contribution in [2.45, 2.75) is 26.7 Å². The van der Waals surface area contributed by atoms with Crippen molar-refractivity contribution in [3.8, 4) is 0 Å². The number of thiophene rings is 1. The van der Waals surface area contributed by atoms with Gasteiger partial charge in [0.15, 0.2) is 0 Å². The van der Waals surface area contributed by atoms with Crippen LogP contribution in [0.5, 0.6) is 0 Å². The molecule has 0 aliphatic heterocycles. The number of rotatable bonds is 1. The van der Waals surface area contributed by atoms with Crippen molar-refractivity contribution in [3.63, 3.8) is 0 Å². The number of aryl methyl sites for hydroxylation is 1. The van der Waals surface area contributed by atoms with Gasteiger partial charge in [0.1, 0.15) is 0 Å². The molecule has 0 aromatic carbocycles. The molecule has 0 spiro atoms. The molecule has 2 heteroatoms. The second-order valence-corrected chi connectivity index (χ2v) is 4.88. The van der Waals surface area contributed by atoms with E-state index in [1.54, 1.807) is 0 Å². The summed E-state index contributed by atoms with van der Waals surface area (Å²) < 4.78 is 1.36. The van der Waals surface area contributed by atoms with E-state index < -0.39 is 0 Å². The molecule has 2 aromatic rings. The summed E-state index contributed by atoms with van der Waals surface area (Å²) in [4.78, 5) is 5.70. The third-order valence-electron chi connectivity index (χ3n) is 2.19. The van der Waals surface area contributed by atoms with Crippen LogP contribution in [0.2, 0.25) is 0 Å². The Bertz CT molecular complexity index is 429. The molecule has 0 saturated heterocycles. The SMILES string of the molecule is Cc1cc2nccc(C(C)C)c2s1. The van der Waals surface area contributed by atoms with Gasteiger partial charge >= 0.3 is 0 Å². The van der Waals surface area contributed by atoms with E-state index in [1.807, 2.05) is 17.5 Å². The van der Waals surface area contributed by atoms with Crippen LogP contribution in [0.25, 0.3) is 10.2 Å². The third-order valence-corrected chi connectivity index (χ3v) is 3.28. The van der Waals surface area contributed by atoms with Gasteiger partial charge in [-0.25, -0.2) is 0 Å². The van der Waals surface area contributed by atoms with Gasteiger partial charge in [-0.05, 0) is 30.5 Å². The van der Waals surface area contributed by atoms with Gasteiger partial charge < -0.3 is 0 Å². The van der Waals surface area contributed by atoms with Crippen molar-refractivity contribution in [3.05, 3.63) is 28.8 Å². The molecular formula is C11H13NS. The summed E-state index contributed by atoms with van der Waals surface area (Å²) in [6.07, 6.45) is 1.91. The van der Waals surface area contributed by atoms with Gasteiger partial charge in [-0.2, -0.15) is 0 Å². The van der Waals surface area contributed by atoms with Gasteiger partial charge in [-0.3, -0.25) is 4.98 Å². The van der Waals surface area contributed by atoms with Gasteiger partial charge in [0.2, 0.25) is 0 Å². The maximum absolute atomic E-state index is 4.36. The monoisotopic (exact) mass is 191 g/mol. The molecule has 0 aliphatic carbocycles. The highest BCUT2D eigenvalue weighted by atomic mass is 32.1. The highest BCUT2D eigenvalue weighted by Gasteiger charge is 2.07. The Morgan fingerprint density at radius 3 is 2.85 bits per heavy atom. The second kappa shape index (κ2) is 3.11. The van der Waals surface area contributed by atoms with Crippen molar-refractivity contribution in [1.29, 1.82) is 0 Å². The zero-order valence-corrected chi connectivity index (χ0v) is 8.98. The summed E-state index contributed by atoms with van der Waals surface area (Å²) in [6.45, 7) is 6.59. The third kappa shape index (κ3) is 1.46. The minimum absolute atomic E-state index is 0.587. The Morgan fingerprint density at radius 2 is 2.15 bits per heavy atom. The lowest BCUT2D eigenvalue weighted by molar-refractivity contribution is 0.876. The predicted molar refractivity (Wildman–Crippen MR) is 58.4 cm³/mol. The molecule has 0 unspecified atom stereocenters. The van der Waals surface area contributed by atoms with Gasteiger partial charge in [0.05, 0.1) is 10.2 Å². The molecule has 68 valence electrons. The molecule has 0 atom stereocenters. The fourth-order valence-electron chi connectivity index (χ4n) is 1.53. The van der Waals surface area contributed by atoms with Crippen LogP contribution < -0.4 is 0 Å². The first-order valence-corrected chi connectivity index (χ1v) is 5.35. The lowest BCUT2D eigenvalue weighted by Gasteiger charge is -2.04. The first-order valence-electron chi connectivity index (χ1n) is 4.53. The topological polar surface area (TPSA) is 12.9 Å². The predicted octanol–water partition coefficient (Wildman–Crippen LogP) is 3.73. The number of hydrogen-bond acceptors (Lipinski definition) is 2. The zero-order chi connectivity index (χ0) is 9.42. The molecular weight excluding hydrogens is 178 g/mol. The molecule has 0 bridgehead atoms. The quantitative estimate of drug-likeness (QED) is 0.669. The van der Waals surface area contributed by atoms with Crippen LogP contribution in [0.3, 0.4) is 0 Å². The first-order chi connectivity index (χ1) is 6.18. The molecule has 13 heavy (non-hydrogen) atoms. The molecule has 0 aliphatic rings.